The third-order valence-electron chi connectivity index (χ3n) is 4.85. The van der Waals surface area contributed by atoms with Crippen LogP contribution in [0.25, 0.3) is 5.76 Å². The summed E-state index contributed by atoms with van der Waals surface area (Å²) in [5.41, 5.74) is 1.53. The number of likely N-dealkylation sites (tertiary alicyclic amines) is 1. The molecule has 1 unspecified atom stereocenters. The average molecular weight is 400 g/mol. The Labute approximate surface area is 169 Å². The van der Waals surface area contributed by atoms with Crippen LogP contribution in [-0.2, 0) is 9.59 Å². The van der Waals surface area contributed by atoms with Gasteiger partial charge in [-0.25, -0.2) is 0 Å². The lowest BCUT2D eigenvalue weighted by Crippen LogP contribution is -2.30. The molecule has 1 fully saturated rings. The Kier molecular flexibility index (Phi) is 6.19. The van der Waals surface area contributed by atoms with Crippen LogP contribution in [0.2, 0.25) is 0 Å². The zero-order valence-corrected chi connectivity index (χ0v) is 17.2. The molecule has 2 heterocycles. The first-order chi connectivity index (χ1) is 13.5. The highest BCUT2D eigenvalue weighted by molar-refractivity contribution is 7.10. The highest BCUT2D eigenvalue weighted by Gasteiger charge is 2.46. The maximum absolute atomic E-state index is 12.8. The van der Waals surface area contributed by atoms with E-state index in [1.165, 1.54) is 11.3 Å². The Balaban J connectivity index is 2.09. The number of aliphatic hydroxyl groups excluding tert-OH is 1. The van der Waals surface area contributed by atoms with Gasteiger partial charge in [-0.1, -0.05) is 19.4 Å². The van der Waals surface area contributed by atoms with Gasteiger partial charge in [0, 0.05) is 17.0 Å². The Morgan fingerprint density at radius 1 is 1.25 bits per heavy atom. The number of unbranched alkanes of at least 4 members (excludes halogenated alkanes) is 1. The number of ether oxygens (including phenoxy) is 1. The van der Waals surface area contributed by atoms with Crippen LogP contribution in [0.3, 0.4) is 0 Å². The summed E-state index contributed by atoms with van der Waals surface area (Å²) >= 11 is 1.48. The minimum Gasteiger partial charge on any atom is -0.507 e. The van der Waals surface area contributed by atoms with E-state index in [1.54, 1.807) is 23.1 Å². The van der Waals surface area contributed by atoms with E-state index in [2.05, 4.69) is 0 Å². The van der Waals surface area contributed by atoms with Crippen molar-refractivity contribution in [3.05, 3.63) is 57.3 Å². The number of ketones is 1. The predicted molar refractivity (Wildman–Crippen MR) is 111 cm³/mol. The monoisotopic (exact) mass is 399 g/mol. The quantitative estimate of drug-likeness (QED) is 0.417. The molecule has 3 rings (SSSR count). The molecule has 0 aliphatic carbocycles. The van der Waals surface area contributed by atoms with E-state index in [4.69, 9.17) is 4.74 Å². The van der Waals surface area contributed by atoms with Gasteiger partial charge in [-0.15, -0.1) is 11.3 Å². The minimum absolute atomic E-state index is 0.137. The van der Waals surface area contributed by atoms with Gasteiger partial charge < -0.3 is 14.7 Å². The maximum atomic E-state index is 12.8. The van der Waals surface area contributed by atoms with Gasteiger partial charge in [-0.05, 0) is 55.5 Å². The molecular formula is C22H25NO4S. The zero-order chi connectivity index (χ0) is 20.3. The molecule has 1 saturated heterocycles. The molecule has 0 spiro atoms. The van der Waals surface area contributed by atoms with Crippen molar-refractivity contribution in [2.75, 3.05) is 13.2 Å². The number of hydrogen-bond acceptors (Lipinski definition) is 5. The summed E-state index contributed by atoms with van der Waals surface area (Å²) < 4.78 is 5.55. The summed E-state index contributed by atoms with van der Waals surface area (Å²) in [6, 6.07) is 8.53. The number of nitrogens with zero attached hydrogens (tertiary/aromatic N) is 1. The maximum Gasteiger partial charge on any atom is 0.295 e. The van der Waals surface area contributed by atoms with Gasteiger partial charge in [0.05, 0.1) is 18.2 Å². The zero-order valence-electron chi connectivity index (χ0n) is 16.4. The number of hydrogen-bond donors (Lipinski definition) is 1. The summed E-state index contributed by atoms with van der Waals surface area (Å²) in [5, 5.41) is 12.9. The van der Waals surface area contributed by atoms with Crippen molar-refractivity contribution < 1.29 is 19.4 Å². The summed E-state index contributed by atoms with van der Waals surface area (Å²) in [7, 11) is 0. The number of thiophene rings is 1. The van der Waals surface area contributed by atoms with Gasteiger partial charge in [-0.2, -0.15) is 0 Å². The molecule has 2 aromatic rings. The minimum atomic E-state index is -0.626. The summed E-state index contributed by atoms with van der Waals surface area (Å²) in [4.78, 5) is 28.0. The molecule has 1 aromatic carbocycles. The number of aliphatic hydroxyl groups is 1. The van der Waals surface area contributed by atoms with Crippen molar-refractivity contribution in [2.45, 2.75) is 39.7 Å². The molecule has 1 aromatic heterocycles. The van der Waals surface area contributed by atoms with Crippen LogP contribution in [0.15, 0.2) is 41.3 Å². The number of carbonyl (C=O) groups is 2. The molecule has 1 atom stereocenters. The molecule has 148 valence electrons. The number of Topliss-reactive ketones (excluding diaryl/α,β-unsaturated/α-hetero) is 1. The Hall–Kier alpha value is -2.60. The number of carbonyl (C=O) groups excluding carboxylic acids is 2. The van der Waals surface area contributed by atoms with Crippen molar-refractivity contribution >= 4 is 28.8 Å². The molecule has 0 saturated carbocycles. The van der Waals surface area contributed by atoms with E-state index < -0.39 is 17.7 Å². The van der Waals surface area contributed by atoms with E-state index in [0.717, 1.165) is 29.0 Å². The van der Waals surface area contributed by atoms with Crippen LogP contribution in [-0.4, -0.2) is 34.8 Å². The summed E-state index contributed by atoms with van der Waals surface area (Å²) in [6.07, 6.45) is 1.72. The third-order valence-corrected chi connectivity index (χ3v) is 5.78. The van der Waals surface area contributed by atoms with Crippen LogP contribution in [0.4, 0.5) is 0 Å². The summed E-state index contributed by atoms with van der Waals surface area (Å²) in [6.45, 7) is 6.87. The van der Waals surface area contributed by atoms with Crippen molar-refractivity contribution in [1.82, 2.24) is 4.90 Å². The molecule has 28 heavy (non-hydrogen) atoms. The van der Waals surface area contributed by atoms with Gasteiger partial charge >= 0.3 is 0 Å². The van der Waals surface area contributed by atoms with Gasteiger partial charge in [-0.3, -0.25) is 9.59 Å². The Morgan fingerprint density at radius 2 is 2.04 bits per heavy atom. The first-order valence-electron chi connectivity index (χ1n) is 9.55. The molecule has 0 radical (unpaired) electrons. The molecular weight excluding hydrogens is 374 g/mol. The van der Waals surface area contributed by atoms with Crippen LogP contribution in [0, 0.1) is 6.92 Å². The van der Waals surface area contributed by atoms with Gasteiger partial charge in [0.2, 0.25) is 0 Å². The van der Waals surface area contributed by atoms with Gasteiger partial charge in [0.25, 0.3) is 11.7 Å². The standard InChI is InChI=1S/C22H25NO4S/c1-4-6-11-23-19(17-8-7-12-28-17)18(21(25)22(23)26)20(24)15-9-10-16(27-5-2)14(3)13-15/h7-10,12-13,19,24H,4-6,11H2,1-3H3/b20-18-. The molecule has 6 heteroatoms. The highest BCUT2D eigenvalue weighted by atomic mass is 32.1. The lowest BCUT2D eigenvalue weighted by Gasteiger charge is -2.23. The van der Waals surface area contributed by atoms with Crippen LogP contribution in [0.5, 0.6) is 5.75 Å². The van der Waals surface area contributed by atoms with Crippen molar-refractivity contribution in [3.8, 4) is 5.75 Å². The predicted octanol–water partition coefficient (Wildman–Crippen LogP) is 4.68. The fourth-order valence-corrected chi connectivity index (χ4v) is 4.30. The largest absolute Gasteiger partial charge is 0.507 e. The molecule has 0 bridgehead atoms. The topological polar surface area (TPSA) is 66.8 Å². The Bertz CT molecular complexity index is 901. The average Bonchev–Trinajstić information content (AvgIpc) is 3.29. The highest BCUT2D eigenvalue weighted by Crippen LogP contribution is 2.41. The van der Waals surface area contributed by atoms with E-state index >= 15 is 0 Å². The van der Waals surface area contributed by atoms with Gasteiger partial charge in [0.1, 0.15) is 11.5 Å². The first kappa shape index (κ1) is 20.1. The lowest BCUT2D eigenvalue weighted by molar-refractivity contribution is -0.139. The van der Waals surface area contributed by atoms with Crippen LogP contribution < -0.4 is 4.74 Å². The number of amides is 1. The number of benzene rings is 1. The second-order valence-corrected chi connectivity index (χ2v) is 7.75. The van der Waals surface area contributed by atoms with Crippen LogP contribution in [0.1, 0.15) is 48.7 Å². The normalized spacial score (nSPS) is 18.7. The Morgan fingerprint density at radius 3 is 2.64 bits per heavy atom. The molecule has 1 aliphatic rings. The lowest BCUT2D eigenvalue weighted by atomic mass is 9.98. The number of rotatable bonds is 7. The van der Waals surface area contributed by atoms with E-state index in [9.17, 15) is 14.7 Å². The second kappa shape index (κ2) is 8.61. The third kappa shape index (κ3) is 3.69. The second-order valence-electron chi connectivity index (χ2n) is 6.77. The van der Waals surface area contributed by atoms with E-state index in [-0.39, 0.29) is 11.3 Å². The van der Waals surface area contributed by atoms with E-state index in [1.807, 2.05) is 38.3 Å². The van der Waals surface area contributed by atoms with Crippen molar-refractivity contribution in [2.24, 2.45) is 0 Å². The molecule has 1 N–H and O–H groups in total. The van der Waals surface area contributed by atoms with Crippen LogP contribution >= 0.6 is 11.3 Å². The molecule has 1 aliphatic heterocycles. The van der Waals surface area contributed by atoms with Gasteiger partial charge in [0.15, 0.2) is 0 Å². The van der Waals surface area contributed by atoms with Crippen molar-refractivity contribution in [3.63, 3.8) is 0 Å². The molecule has 1 amide bonds. The summed E-state index contributed by atoms with van der Waals surface area (Å²) in [5.74, 6) is -0.575. The SMILES string of the molecule is CCCCN1C(=O)C(=O)/C(=C(\O)c2ccc(OCC)c(C)c2)C1c1cccs1. The van der Waals surface area contributed by atoms with Crippen molar-refractivity contribution in [1.29, 1.82) is 0 Å². The fraction of sp³-hybridized carbons (Fsp3) is 0.364. The first-order valence-corrected chi connectivity index (χ1v) is 10.4. The number of aryl methyl sites for hydroxylation is 1. The van der Waals surface area contributed by atoms with E-state index in [0.29, 0.717) is 18.7 Å². The molecule has 5 nitrogen and oxygen atoms in total. The smallest absolute Gasteiger partial charge is 0.295 e. The fourth-order valence-electron chi connectivity index (χ4n) is 3.45.